The maximum atomic E-state index is 14.1. The molecule has 0 spiro atoms. The van der Waals surface area contributed by atoms with Gasteiger partial charge < -0.3 is 10.2 Å². The van der Waals surface area contributed by atoms with Gasteiger partial charge in [-0.15, -0.1) is 0 Å². The number of halogens is 1. The van der Waals surface area contributed by atoms with Gasteiger partial charge in [-0.05, 0) is 88.1 Å². The average molecular weight is 584 g/mol. The highest BCUT2D eigenvalue weighted by molar-refractivity contribution is 7.92. The van der Waals surface area contributed by atoms with Crippen LogP contribution in [0.2, 0.25) is 5.02 Å². The Bertz CT molecular complexity index is 1440. The summed E-state index contributed by atoms with van der Waals surface area (Å²) >= 11 is 6.07. The third-order valence-corrected chi connectivity index (χ3v) is 8.84. The Balaban J connectivity index is 2.10. The van der Waals surface area contributed by atoms with Gasteiger partial charge in [0, 0.05) is 17.6 Å². The third-order valence-electron chi connectivity index (χ3n) is 6.82. The van der Waals surface area contributed by atoms with Gasteiger partial charge in [0.1, 0.15) is 12.6 Å². The van der Waals surface area contributed by atoms with E-state index in [0.29, 0.717) is 17.1 Å². The van der Waals surface area contributed by atoms with Gasteiger partial charge >= 0.3 is 0 Å². The van der Waals surface area contributed by atoms with Crippen molar-refractivity contribution in [2.75, 3.05) is 10.8 Å². The number of rotatable bonds is 11. The number of benzene rings is 3. The van der Waals surface area contributed by atoms with Gasteiger partial charge in [-0.3, -0.25) is 13.9 Å². The number of hydrogen-bond donors (Lipinski definition) is 1. The molecule has 0 saturated carbocycles. The molecule has 3 aromatic carbocycles. The first kappa shape index (κ1) is 31.2. The van der Waals surface area contributed by atoms with Gasteiger partial charge in [-0.25, -0.2) is 8.42 Å². The molecule has 40 heavy (non-hydrogen) atoms. The van der Waals surface area contributed by atoms with Crippen molar-refractivity contribution in [2.45, 2.75) is 71.5 Å². The molecule has 0 heterocycles. The average Bonchev–Trinajstić information content (AvgIpc) is 2.89. The molecule has 3 aromatic rings. The van der Waals surface area contributed by atoms with E-state index in [2.05, 4.69) is 5.32 Å². The van der Waals surface area contributed by atoms with Crippen molar-refractivity contribution in [2.24, 2.45) is 0 Å². The molecule has 9 heteroatoms. The summed E-state index contributed by atoms with van der Waals surface area (Å²) in [6.07, 6.45) is 0.353. The molecule has 0 aliphatic heterocycles. The lowest BCUT2D eigenvalue weighted by Crippen LogP contribution is -2.53. The molecule has 7 nitrogen and oxygen atoms in total. The molecule has 0 radical (unpaired) electrons. The summed E-state index contributed by atoms with van der Waals surface area (Å²) < 4.78 is 29.2. The van der Waals surface area contributed by atoms with E-state index < -0.39 is 28.5 Å². The number of anilines is 1. The van der Waals surface area contributed by atoms with Crippen LogP contribution < -0.4 is 9.62 Å². The fourth-order valence-corrected chi connectivity index (χ4v) is 6.04. The van der Waals surface area contributed by atoms with Gasteiger partial charge in [-0.2, -0.15) is 0 Å². The topological polar surface area (TPSA) is 86.8 Å². The largest absolute Gasteiger partial charge is 0.352 e. The van der Waals surface area contributed by atoms with E-state index in [1.165, 1.54) is 4.90 Å². The molecular formula is C31H38ClN3O4S. The van der Waals surface area contributed by atoms with Crippen molar-refractivity contribution in [1.82, 2.24) is 10.2 Å². The Kier molecular flexibility index (Phi) is 10.4. The molecule has 0 bridgehead atoms. The smallest absolute Gasteiger partial charge is 0.264 e. The van der Waals surface area contributed by atoms with E-state index in [1.54, 1.807) is 60.7 Å². The maximum Gasteiger partial charge on any atom is 0.264 e. The van der Waals surface area contributed by atoms with Crippen LogP contribution in [0.4, 0.5) is 5.69 Å². The van der Waals surface area contributed by atoms with E-state index in [1.807, 2.05) is 47.6 Å². The van der Waals surface area contributed by atoms with Crippen molar-refractivity contribution in [3.63, 3.8) is 0 Å². The molecular weight excluding hydrogens is 546 g/mol. The summed E-state index contributed by atoms with van der Waals surface area (Å²) in [5.74, 6) is -0.781. The first-order valence-electron chi connectivity index (χ1n) is 13.3. The van der Waals surface area contributed by atoms with Crippen LogP contribution in [0.25, 0.3) is 0 Å². The summed E-state index contributed by atoms with van der Waals surface area (Å²) in [6.45, 7) is 10.8. The summed E-state index contributed by atoms with van der Waals surface area (Å²) in [4.78, 5) is 28.9. The quantitative estimate of drug-likeness (QED) is 0.309. The summed E-state index contributed by atoms with van der Waals surface area (Å²) in [5, 5.41) is 3.45. The highest BCUT2D eigenvalue weighted by Gasteiger charge is 2.34. The monoisotopic (exact) mass is 583 g/mol. The predicted molar refractivity (Wildman–Crippen MR) is 161 cm³/mol. The number of nitrogens with one attached hydrogen (secondary N) is 1. The minimum Gasteiger partial charge on any atom is -0.352 e. The molecule has 214 valence electrons. The van der Waals surface area contributed by atoms with E-state index in [0.717, 1.165) is 26.6 Å². The SMILES string of the molecule is CC[C@@H](C(=O)NC(C)C)N(Cc1ccc(Cl)cc1)C(=O)CN(c1cccc(C)c1C)S(=O)(=O)c1ccc(C)cc1. The third kappa shape index (κ3) is 7.43. The lowest BCUT2D eigenvalue weighted by atomic mass is 10.1. The summed E-state index contributed by atoms with van der Waals surface area (Å²) in [6, 6.07) is 18.0. The molecule has 0 saturated heterocycles. The second kappa shape index (κ2) is 13.3. The molecule has 0 aliphatic rings. The normalized spacial score (nSPS) is 12.2. The Hall–Kier alpha value is -3.36. The highest BCUT2D eigenvalue weighted by Crippen LogP contribution is 2.29. The molecule has 1 N–H and O–H groups in total. The standard InChI is InChI=1S/C31H38ClN3O4S/c1-7-28(31(37)33-21(2)3)34(19-25-13-15-26(32)16-14-25)30(36)20-35(29-10-8-9-23(5)24(29)6)40(38,39)27-17-11-22(4)12-18-27/h8-18,21,28H,7,19-20H2,1-6H3,(H,33,37)/t28-/m0/s1. The van der Waals surface area contributed by atoms with Crippen LogP contribution in [0.5, 0.6) is 0 Å². The number of carbonyl (C=O) groups excluding carboxylic acids is 2. The van der Waals surface area contributed by atoms with Crippen molar-refractivity contribution in [1.29, 1.82) is 0 Å². The first-order valence-corrected chi connectivity index (χ1v) is 15.2. The van der Waals surface area contributed by atoms with E-state index in [-0.39, 0.29) is 23.4 Å². The number of aryl methyl sites for hydroxylation is 2. The van der Waals surface area contributed by atoms with Crippen LogP contribution in [0, 0.1) is 20.8 Å². The van der Waals surface area contributed by atoms with Crippen LogP contribution in [0.1, 0.15) is 49.4 Å². The van der Waals surface area contributed by atoms with Gasteiger partial charge in [0.15, 0.2) is 0 Å². The number of sulfonamides is 1. The second-order valence-electron chi connectivity index (χ2n) is 10.3. The molecule has 2 amide bonds. The van der Waals surface area contributed by atoms with Crippen LogP contribution >= 0.6 is 11.6 Å². The molecule has 3 rings (SSSR count). The maximum absolute atomic E-state index is 14.1. The van der Waals surface area contributed by atoms with Crippen LogP contribution in [0.15, 0.2) is 71.6 Å². The van der Waals surface area contributed by atoms with E-state index in [9.17, 15) is 18.0 Å². The minimum atomic E-state index is -4.12. The number of hydrogen-bond acceptors (Lipinski definition) is 4. The van der Waals surface area contributed by atoms with Crippen molar-refractivity contribution >= 4 is 39.1 Å². The Labute approximate surface area is 243 Å². The van der Waals surface area contributed by atoms with Crippen molar-refractivity contribution in [3.05, 3.63) is 94.0 Å². The number of nitrogens with zero attached hydrogens (tertiary/aromatic N) is 2. The molecule has 0 aliphatic carbocycles. The van der Waals surface area contributed by atoms with Gasteiger partial charge in [0.05, 0.1) is 10.6 Å². The number of carbonyl (C=O) groups is 2. The Morgan fingerprint density at radius 3 is 2.12 bits per heavy atom. The first-order chi connectivity index (χ1) is 18.8. The predicted octanol–water partition coefficient (Wildman–Crippen LogP) is 5.79. The second-order valence-corrected chi connectivity index (χ2v) is 12.6. The fourth-order valence-electron chi connectivity index (χ4n) is 4.44. The van der Waals surface area contributed by atoms with Gasteiger partial charge in [0.25, 0.3) is 10.0 Å². The lowest BCUT2D eigenvalue weighted by molar-refractivity contribution is -0.140. The van der Waals surface area contributed by atoms with Crippen LogP contribution in [0.3, 0.4) is 0 Å². The zero-order valence-corrected chi connectivity index (χ0v) is 25.5. The summed E-state index contributed by atoms with van der Waals surface area (Å²) in [7, 11) is -4.12. The van der Waals surface area contributed by atoms with Crippen LogP contribution in [-0.4, -0.2) is 43.8 Å². The van der Waals surface area contributed by atoms with Crippen molar-refractivity contribution in [3.8, 4) is 0 Å². The molecule has 0 unspecified atom stereocenters. The van der Waals surface area contributed by atoms with Gasteiger partial charge in [0.2, 0.25) is 11.8 Å². The zero-order chi connectivity index (χ0) is 29.6. The lowest BCUT2D eigenvalue weighted by Gasteiger charge is -2.34. The van der Waals surface area contributed by atoms with Gasteiger partial charge in [-0.1, -0.05) is 60.5 Å². The van der Waals surface area contributed by atoms with Crippen LogP contribution in [-0.2, 0) is 26.2 Å². The molecule has 0 aromatic heterocycles. The fraction of sp³-hybridized carbons (Fsp3) is 0.355. The highest BCUT2D eigenvalue weighted by atomic mass is 35.5. The van der Waals surface area contributed by atoms with E-state index in [4.69, 9.17) is 11.6 Å². The van der Waals surface area contributed by atoms with Crippen molar-refractivity contribution < 1.29 is 18.0 Å². The summed E-state index contributed by atoms with van der Waals surface area (Å²) in [5.41, 5.74) is 3.76. The van der Waals surface area contributed by atoms with E-state index >= 15 is 0 Å². The Morgan fingerprint density at radius 1 is 0.925 bits per heavy atom. The number of amides is 2. The molecule has 0 fully saturated rings. The zero-order valence-electron chi connectivity index (χ0n) is 23.9. The Morgan fingerprint density at radius 2 is 1.55 bits per heavy atom. The minimum absolute atomic E-state index is 0.0839. The molecule has 1 atom stereocenters.